The Kier molecular flexibility index (Phi) is 4.11. The van der Waals surface area contributed by atoms with Crippen LogP contribution in [0.1, 0.15) is 11.1 Å². The van der Waals surface area contributed by atoms with Gasteiger partial charge in [0.1, 0.15) is 0 Å². The van der Waals surface area contributed by atoms with E-state index < -0.39 is 0 Å². The van der Waals surface area contributed by atoms with E-state index in [-0.39, 0.29) is 0 Å². The van der Waals surface area contributed by atoms with E-state index in [2.05, 4.69) is 11.8 Å². The number of rotatable bonds is 2. The van der Waals surface area contributed by atoms with Crippen LogP contribution < -0.4 is 0 Å². The maximum Gasteiger partial charge on any atom is 0.151 e. The number of benzene rings is 2. The van der Waals surface area contributed by atoms with Gasteiger partial charge in [0.05, 0.1) is 0 Å². The molecule has 0 aromatic heterocycles. The number of hydrogen-bond acceptors (Lipinski definition) is 1. The van der Waals surface area contributed by atoms with Gasteiger partial charge in [-0.15, -0.1) is 0 Å². The van der Waals surface area contributed by atoms with E-state index in [0.717, 1.165) is 17.4 Å². The van der Waals surface area contributed by atoms with Crippen LogP contribution in [0, 0.1) is 11.8 Å². The fourth-order valence-electron chi connectivity index (χ4n) is 1.53. The number of hydrogen-bond donors (Lipinski definition) is 0. The number of carbonyl (C=O) groups is 1. The third kappa shape index (κ3) is 3.20. The molecule has 0 aliphatic carbocycles. The molecule has 0 spiro atoms. The first-order valence-corrected chi connectivity index (χ1v) is 5.67. The van der Waals surface area contributed by atoms with E-state index in [1.165, 1.54) is 0 Å². The van der Waals surface area contributed by atoms with E-state index in [4.69, 9.17) is 0 Å². The second kappa shape index (κ2) is 6.22. The van der Waals surface area contributed by atoms with Crippen LogP contribution >= 0.6 is 0 Å². The Labute approximate surface area is 107 Å². The first kappa shape index (κ1) is 11.9. The molecule has 0 amide bonds. The van der Waals surface area contributed by atoms with Gasteiger partial charge in [-0.3, -0.25) is 4.79 Å². The molecule has 1 nitrogen and oxygen atoms in total. The molecule has 1 heteroatoms. The van der Waals surface area contributed by atoms with Crippen LogP contribution in [-0.2, 0) is 4.79 Å². The van der Waals surface area contributed by atoms with Crippen molar-refractivity contribution in [3.8, 4) is 11.8 Å². The summed E-state index contributed by atoms with van der Waals surface area (Å²) in [5.74, 6) is 5.90. The van der Waals surface area contributed by atoms with Gasteiger partial charge in [-0.25, -0.2) is 0 Å². The Morgan fingerprint density at radius 1 is 0.889 bits per heavy atom. The number of aldehydes is 1. The summed E-state index contributed by atoms with van der Waals surface area (Å²) in [4.78, 5) is 11.0. The molecule has 0 heterocycles. The van der Waals surface area contributed by atoms with E-state index in [1.54, 1.807) is 6.08 Å². The van der Waals surface area contributed by atoms with Gasteiger partial charge in [-0.05, 0) is 23.8 Å². The molecule has 0 aliphatic rings. The van der Waals surface area contributed by atoms with Gasteiger partial charge in [-0.1, -0.05) is 60.4 Å². The van der Waals surface area contributed by atoms with E-state index in [9.17, 15) is 4.79 Å². The second-order valence-electron chi connectivity index (χ2n) is 3.72. The molecule has 0 unspecified atom stereocenters. The Balaban J connectivity index is 2.23. The van der Waals surface area contributed by atoms with Gasteiger partial charge < -0.3 is 0 Å². The first-order chi connectivity index (χ1) is 8.90. The standard InChI is InChI=1S/C17H12O/c18-14-17(16-11-5-2-6-12-16)13-7-10-15-8-3-1-4-9-15/h1-6,8-9,11-14H/b17-13-. The zero-order valence-corrected chi connectivity index (χ0v) is 9.84. The molecule has 0 atom stereocenters. The Morgan fingerprint density at radius 3 is 2.11 bits per heavy atom. The summed E-state index contributed by atoms with van der Waals surface area (Å²) in [6, 6.07) is 19.2. The molecule has 0 aliphatic heterocycles. The van der Waals surface area contributed by atoms with Gasteiger partial charge in [-0.2, -0.15) is 0 Å². The van der Waals surface area contributed by atoms with Crippen molar-refractivity contribution in [1.29, 1.82) is 0 Å². The van der Waals surface area contributed by atoms with Gasteiger partial charge in [0, 0.05) is 11.1 Å². The predicted octanol–water partition coefficient (Wildman–Crippen LogP) is 3.32. The molecular weight excluding hydrogens is 220 g/mol. The van der Waals surface area contributed by atoms with Gasteiger partial charge in [0.25, 0.3) is 0 Å². The predicted molar refractivity (Wildman–Crippen MR) is 73.8 cm³/mol. The minimum absolute atomic E-state index is 0.596. The van der Waals surface area contributed by atoms with Crippen molar-refractivity contribution in [2.45, 2.75) is 0 Å². The maximum absolute atomic E-state index is 11.0. The summed E-state index contributed by atoms with van der Waals surface area (Å²) in [6.45, 7) is 0. The Morgan fingerprint density at radius 2 is 1.50 bits per heavy atom. The smallest absolute Gasteiger partial charge is 0.151 e. The summed E-state index contributed by atoms with van der Waals surface area (Å²) < 4.78 is 0. The van der Waals surface area contributed by atoms with Crippen LogP contribution in [0.4, 0.5) is 0 Å². The van der Waals surface area contributed by atoms with Crippen LogP contribution in [0.3, 0.4) is 0 Å². The number of carbonyl (C=O) groups excluding carboxylic acids is 1. The van der Waals surface area contributed by atoms with Crippen molar-refractivity contribution in [2.75, 3.05) is 0 Å². The lowest BCUT2D eigenvalue weighted by Gasteiger charge is -1.96. The van der Waals surface area contributed by atoms with Crippen LogP contribution in [0.2, 0.25) is 0 Å². The molecule has 2 rings (SSSR count). The molecule has 0 radical (unpaired) electrons. The SMILES string of the molecule is O=C/C(=C/C#Cc1ccccc1)c1ccccc1. The third-order valence-corrected chi connectivity index (χ3v) is 2.45. The molecule has 0 fully saturated rings. The largest absolute Gasteiger partial charge is 0.298 e. The van der Waals surface area contributed by atoms with Crippen LogP contribution in [0.25, 0.3) is 5.57 Å². The van der Waals surface area contributed by atoms with Crippen LogP contribution in [0.5, 0.6) is 0 Å². The Hall–Kier alpha value is -2.59. The minimum Gasteiger partial charge on any atom is -0.298 e. The van der Waals surface area contributed by atoms with Crippen LogP contribution in [0.15, 0.2) is 66.7 Å². The fraction of sp³-hybridized carbons (Fsp3) is 0. The summed E-state index contributed by atoms with van der Waals surface area (Å²) in [5, 5.41) is 0. The second-order valence-corrected chi connectivity index (χ2v) is 3.72. The average molecular weight is 232 g/mol. The minimum atomic E-state index is 0.596. The zero-order chi connectivity index (χ0) is 12.6. The quantitative estimate of drug-likeness (QED) is 0.441. The molecule has 86 valence electrons. The lowest BCUT2D eigenvalue weighted by molar-refractivity contribution is -0.103. The number of allylic oxidation sites excluding steroid dienone is 2. The summed E-state index contributed by atoms with van der Waals surface area (Å²) in [7, 11) is 0. The normalized spacial score (nSPS) is 10.3. The van der Waals surface area contributed by atoms with E-state index in [1.807, 2.05) is 60.7 Å². The molecule has 18 heavy (non-hydrogen) atoms. The average Bonchev–Trinajstić information content (AvgIpc) is 2.46. The molecule has 0 saturated carbocycles. The van der Waals surface area contributed by atoms with Crippen molar-refractivity contribution in [2.24, 2.45) is 0 Å². The highest BCUT2D eigenvalue weighted by molar-refractivity contribution is 6.07. The molecule has 2 aromatic carbocycles. The Bertz CT molecular complexity index is 598. The molecule has 2 aromatic rings. The van der Waals surface area contributed by atoms with Gasteiger partial charge >= 0.3 is 0 Å². The molecule has 0 bridgehead atoms. The van der Waals surface area contributed by atoms with Gasteiger partial charge in [0.15, 0.2) is 6.29 Å². The van der Waals surface area contributed by atoms with Crippen molar-refractivity contribution < 1.29 is 4.79 Å². The highest BCUT2D eigenvalue weighted by atomic mass is 16.1. The first-order valence-electron chi connectivity index (χ1n) is 5.67. The maximum atomic E-state index is 11.0. The summed E-state index contributed by atoms with van der Waals surface area (Å²) in [5.41, 5.74) is 2.42. The van der Waals surface area contributed by atoms with Crippen molar-refractivity contribution >= 4 is 11.9 Å². The highest BCUT2D eigenvalue weighted by Crippen LogP contribution is 2.10. The van der Waals surface area contributed by atoms with E-state index in [0.29, 0.717) is 5.57 Å². The monoisotopic (exact) mass is 232 g/mol. The van der Waals surface area contributed by atoms with Crippen molar-refractivity contribution in [1.82, 2.24) is 0 Å². The molecule has 0 saturated heterocycles. The lowest BCUT2D eigenvalue weighted by atomic mass is 10.1. The topological polar surface area (TPSA) is 17.1 Å². The summed E-state index contributed by atoms with van der Waals surface area (Å²) >= 11 is 0. The van der Waals surface area contributed by atoms with Gasteiger partial charge in [0.2, 0.25) is 0 Å². The lowest BCUT2D eigenvalue weighted by Crippen LogP contribution is -1.84. The fourth-order valence-corrected chi connectivity index (χ4v) is 1.53. The van der Waals surface area contributed by atoms with Crippen LogP contribution in [-0.4, -0.2) is 6.29 Å². The molecule has 0 N–H and O–H groups in total. The third-order valence-electron chi connectivity index (χ3n) is 2.45. The molecular formula is C17H12O. The van der Waals surface area contributed by atoms with Crippen molar-refractivity contribution in [3.05, 3.63) is 77.9 Å². The van der Waals surface area contributed by atoms with Crippen molar-refractivity contribution in [3.63, 3.8) is 0 Å². The highest BCUT2D eigenvalue weighted by Gasteiger charge is 1.96. The zero-order valence-electron chi connectivity index (χ0n) is 9.84. The van der Waals surface area contributed by atoms with E-state index >= 15 is 0 Å². The summed E-state index contributed by atoms with van der Waals surface area (Å²) in [6.07, 6.45) is 2.48.